The van der Waals surface area contributed by atoms with Crippen LogP contribution in [0.25, 0.3) is 21.1 Å². The van der Waals surface area contributed by atoms with Gasteiger partial charge in [0.2, 0.25) is 5.91 Å². The molecule has 0 radical (unpaired) electrons. The Morgan fingerprint density at radius 2 is 1.84 bits per heavy atom. The molecule has 0 unspecified atom stereocenters. The molecule has 2 aromatic carbocycles. The first-order valence-corrected chi connectivity index (χ1v) is 11.2. The molecule has 2 heterocycles. The van der Waals surface area contributed by atoms with Gasteiger partial charge in [0.05, 0.1) is 48.4 Å². The highest BCUT2D eigenvalue weighted by atomic mass is 32.2. The summed E-state index contributed by atoms with van der Waals surface area (Å²) < 4.78 is 16.8. The smallest absolute Gasteiger partial charge is 0.236 e. The van der Waals surface area contributed by atoms with Crippen LogP contribution in [0.3, 0.4) is 0 Å². The number of amides is 1. The first kappa shape index (κ1) is 21.7. The zero-order chi connectivity index (χ0) is 22.7. The topological polar surface area (TPSA) is 106 Å². The average molecular weight is 467 g/mol. The molecule has 0 saturated heterocycles. The molecule has 10 heteroatoms. The number of pyridine rings is 1. The molecule has 0 bridgehead atoms. The number of rotatable bonds is 7. The predicted molar refractivity (Wildman–Crippen MR) is 125 cm³/mol. The highest BCUT2D eigenvalue weighted by Gasteiger charge is 2.14. The summed E-state index contributed by atoms with van der Waals surface area (Å²) in [6.45, 7) is 0. The second-order valence-corrected chi connectivity index (χ2v) is 8.54. The SMILES string of the molecule is COc1ccc2nc(NC(=O)CSc3nc4cc(OC)c(OC)cc4cc3C#N)sc2c1. The molecular formula is C22H18N4O4S2. The molecule has 0 spiro atoms. The number of thiazole rings is 1. The molecule has 0 fully saturated rings. The number of methoxy groups -OCH3 is 3. The second kappa shape index (κ2) is 9.30. The lowest BCUT2D eigenvalue weighted by molar-refractivity contribution is -0.113. The van der Waals surface area contributed by atoms with Crippen LogP contribution < -0.4 is 19.5 Å². The fourth-order valence-electron chi connectivity index (χ4n) is 3.05. The molecular weight excluding hydrogens is 448 g/mol. The summed E-state index contributed by atoms with van der Waals surface area (Å²) in [4.78, 5) is 21.5. The third-order valence-corrected chi connectivity index (χ3v) is 6.51. The summed E-state index contributed by atoms with van der Waals surface area (Å²) in [5.74, 6) is 1.67. The number of aromatic nitrogens is 2. The number of anilines is 1. The maximum atomic E-state index is 12.5. The minimum absolute atomic E-state index is 0.0831. The van der Waals surface area contributed by atoms with Crippen molar-refractivity contribution in [3.05, 3.63) is 42.0 Å². The highest BCUT2D eigenvalue weighted by molar-refractivity contribution is 8.00. The van der Waals surface area contributed by atoms with Crippen LogP contribution in [0.2, 0.25) is 0 Å². The molecule has 1 N–H and O–H groups in total. The Kier molecular flexibility index (Phi) is 6.30. The predicted octanol–water partition coefficient (Wildman–Crippen LogP) is 4.47. The van der Waals surface area contributed by atoms with E-state index < -0.39 is 0 Å². The first-order valence-electron chi connectivity index (χ1n) is 9.38. The Bertz CT molecular complexity index is 1360. The molecule has 32 heavy (non-hydrogen) atoms. The van der Waals surface area contributed by atoms with Crippen LogP contribution in [0.4, 0.5) is 5.13 Å². The quantitative estimate of drug-likeness (QED) is 0.398. The number of carbonyl (C=O) groups is 1. The van der Waals surface area contributed by atoms with Gasteiger partial charge in [0, 0.05) is 11.5 Å². The van der Waals surface area contributed by atoms with Crippen molar-refractivity contribution < 1.29 is 19.0 Å². The molecule has 0 atom stereocenters. The van der Waals surface area contributed by atoms with Crippen molar-refractivity contribution in [2.45, 2.75) is 5.03 Å². The molecule has 4 aromatic rings. The largest absolute Gasteiger partial charge is 0.497 e. The average Bonchev–Trinajstić information content (AvgIpc) is 3.22. The molecule has 2 aromatic heterocycles. The van der Waals surface area contributed by atoms with Crippen LogP contribution in [-0.2, 0) is 4.79 Å². The van der Waals surface area contributed by atoms with Crippen molar-refractivity contribution in [1.29, 1.82) is 5.26 Å². The number of carbonyl (C=O) groups excluding carboxylic acids is 1. The Balaban J connectivity index is 1.51. The number of ether oxygens (including phenoxy) is 3. The van der Waals surface area contributed by atoms with Crippen LogP contribution in [0, 0.1) is 11.3 Å². The van der Waals surface area contributed by atoms with E-state index in [0.717, 1.165) is 21.4 Å². The summed E-state index contributed by atoms with van der Waals surface area (Å²) in [5, 5.41) is 14.1. The maximum Gasteiger partial charge on any atom is 0.236 e. The number of nitriles is 1. The van der Waals surface area contributed by atoms with Gasteiger partial charge in [-0.25, -0.2) is 9.97 Å². The zero-order valence-corrected chi connectivity index (χ0v) is 19.1. The van der Waals surface area contributed by atoms with E-state index in [1.54, 1.807) is 39.5 Å². The normalized spacial score (nSPS) is 10.7. The van der Waals surface area contributed by atoms with E-state index in [9.17, 15) is 10.1 Å². The van der Waals surface area contributed by atoms with Gasteiger partial charge in [0.1, 0.15) is 16.8 Å². The molecule has 8 nitrogen and oxygen atoms in total. The minimum Gasteiger partial charge on any atom is -0.497 e. The van der Waals surface area contributed by atoms with E-state index in [1.165, 1.54) is 23.1 Å². The van der Waals surface area contributed by atoms with E-state index in [2.05, 4.69) is 21.4 Å². The van der Waals surface area contributed by atoms with Crippen LogP contribution in [0.1, 0.15) is 5.56 Å². The number of thioether (sulfide) groups is 1. The van der Waals surface area contributed by atoms with Gasteiger partial charge in [-0.2, -0.15) is 5.26 Å². The van der Waals surface area contributed by atoms with E-state index >= 15 is 0 Å². The van der Waals surface area contributed by atoms with Crippen molar-refractivity contribution in [2.75, 3.05) is 32.4 Å². The molecule has 1 amide bonds. The Morgan fingerprint density at radius 1 is 1.06 bits per heavy atom. The molecule has 0 aliphatic carbocycles. The van der Waals surface area contributed by atoms with Crippen LogP contribution >= 0.6 is 23.1 Å². The minimum atomic E-state index is -0.237. The number of fused-ring (bicyclic) bond motifs is 2. The monoisotopic (exact) mass is 466 g/mol. The lowest BCUT2D eigenvalue weighted by Crippen LogP contribution is -2.14. The van der Waals surface area contributed by atoms with Gasteiger partial charge in [-0.15, -0.1) is 0 Å². The van der Waals surface area contributed by atoms with Crippen molar-refractivity contribution in [1.82, 2.24) is 9.97 Å². The van der Waals surface area contributed by atoms with E-state index in [4.69, 9.17) is 14.2 Å². The number of hydrogen-bond acceptors (Lipinski definition) is 9. The van der Waals surface area contributed by atoms with E-state index in [1.807, 2.05) is 18.2 Å². The highest BCUT2D eigenvalue weighted by Crippen LogP contribution is 2.34. The molecule has 162 valence electrons. The molecule has 0 aliphatic rings. The van der Waals surface area contributed by atoms with Crippen LogP contribution in [-0.4, -0.2) is 43.0 Å². The van der Waals surface area contributed by atoms with Gasteiger partial charge in [-0.3, -0.25) is 4.79 Å². The van der Waals surface area contributed by atoms with Crippen molar-refractivity contribution in [3.63, 3.8) is 0 Å². The van der Waals surface area contributed by atoms with Crippen LogP contribution in [0.5, 0.6) is 17.2 Å². The van der Waals surface area contributed by atoms with Gasteiger partial charge in [-0.1, -0.05) is 23.1 Å². The van der Waals surface area contributed by atoms with Crippen molar-refractivity contribution in [3.8, 4) is 23.3 Å². The zero-order valence-electron chi connectivity index (χ0n) is 17.5. The van der Waals surface area contributed by atoms with Crippen molar-refractivity contribution in [2.24, 2.45) is 0 Å². The van der Waals surface area contributed by atoms with Gasteiger partial charge < -0.3 is 19.5 Å². The summed E-state index contributed by atoms with van der Waals surface area (Å²) in [6, 6.07) is 12.9. The fraction of sp³-hybridized carbons (Fsp3) is 0.182. The maximum absolute atomic E-state index is 12.5. The fourth-order valence-corrected chi connectivity index (χ4v) is 4.72. The Labute approximate surface area is 192 Å². The van der Waals surface area contributed by atoms with E-state index in [0.29, 0.717) is 32.7 Å². The summed E-state index contributed by atoms with van der Waals surface area (Å²) in [5.41, 5.74) is 1.81. The Hall–Kier alpha value is -3.55. The lowest BCUT2D eigenvalue weighted by Gasteiger charge is -2.10. The van der Waals surface area contributed by atoms with Gasteiger partial charge in [-0.05, 0) is 30.3 Å². The van der Waals surface area contributed by atoms with Gasteiger partial charge >= 0.3 is 0 Å². The first-order chi connectivity index (χ1) is 15.5. The number of hydrogen-bond donors (Lipinski definition) is 1. The lowest BCUT2D eigenvalue weighted by atomic mass is 10.1. The molecule has 0 aliphatic heterocycles. The summed E-state index contributed by atoms with van der Waals surface area (Å²) >= 11 is 2.56. The number of nitrogens with zero attached hydrogens (tertiary/aromatic N) is 3. The summed E-state index contributed by atoms with van der Waals surface area (Å²) in [6.07, 6.45) is 0. The molecule has 4 rings (SSSR count). The number of benzene rings is 2. The van der Waals surface area contributed by atoms with Crippen LogP contribution in [0.15, 0.2) is 41.4 Å². The number of nitrogens with one attached hydrogen (secondary N) is 1. The third kappa shape index (κ3) is 4.39. The third-order valence-electron chi connectivity index (χ3n) is 4.59. The summed E-state index contributed by atoms with van der Waals surface area (Å²) in [7, 11) is 4.70. The van der Waals surface area contributed by atoms with Gasteiger partial charge in [0.15, 0.2) is 16.6 Å². The van der Waals surface area contributed by atoms with Crippen molar-refractivity contribution >= 4 is 55.3 Å². The van der Waals surface area contributed by atoms with E-state index in [-0.39, 0.29) is 11.7 Å². The standard InChI is InChI=1S/C22H18N4O4S2/c1-28-14-4-5-15-19(8-14)32-22(25-15)26-20(27)11-31-21-13(10-23)6-12-7-17(29-2)18(30-3)9-16(12)24-21/h4-9H,11H2,1-3H3,(H,25,26,27). The van der Waals surface area contributed by atoms with Gasteiger partial charge in [0.25, 0.3) is 0 Å². The second-order valence-electron chi connectivity index (χ2n) is 6.54. The Morgan fingerprint density at radius 3 is 2.56 bits per heavy atom. The molecule has 0 saturated carbocycles.